The number of benzene rings is 1. The number of aliphatic hydroxyl groups excluding tert-OH is 4. The zero-order valence-corrected chi connectivity index (χ0v) is 17.1. The van der Waals surface area contributed by atoms with Gasteiger partial charge in [0, 0.05) is 11.1 Å². The minimum absolute atomic E-state index is 0. The molecule has 1 aromatic carbocycles. The first-order chi connectivity index (χ1) is 12.2. The second-order valence-electron chi connectivity index (χ2n) is 5.24. The molecule has 0 radical (unpaired) electrons. The molecule has 10 nitrogen and oxygen atoms in total. The summed E-state index contributed by atoms with van der Waals surface area (Å²) >= 11 is 0. The monoisotopic (exact) mass is 446 g/mol. The number of aliphatic hydroxyl groups is 4. The molecule has 4 atom stereocenters. The van der Waals surface area contributed by atoms with Gasteiger partial charge in [0.15, 0.2) is 12.2 Å². The van der Waals surface area contributed by atoms with Gasteiger partial charge in [-0.15, -0.1) is 0 Å². The number of hydrogen-bond donors (Lipinski definition) is 6. The molecule has 10 N–H and O–H groups in total. The van der Waals surface area contributed by atoms with Crippen LogP contribution in [0.25, 0.3) is 0 Å². The third-order valence-corrected chi connectivity index (χ3v) is 3.45. The predicted octanol–water partition coefficient (Wildman–Crippen LogP) is -10.0. The van der Waals surface area contributed by atoms with Crippen LogP contribution in [0.2, 0.25) is 0 Å². The van der Waals surface area contributed by atoms with E-state index in [1.165, 1.54) is 11.1 Å². The van der Waals surface area contributed by atoms with Crippen LogP contribution in [-0.2, 0) is 32.2 Å². The van der Waals surface area contributed by atoms with Gasteiger partial charge in [0.05, 0.1) is 27.3 Å². The average molecular weight is 447 g/mol. The van der Waals surface area contributed by atoms with Crippen LogP contribution in [0.15, 0.2) is 24.3 Å². The molecule has 0 unspecified atom stereocenters. The van der Waals surface area contributed by atoms with Crippen molar-refractivity contribution >= 4 is 11.9 Å². The van der Waals surface area contributed by atoms with E-state index in [0.29, 0.717) is 0 Å². The Hall–Kier alpha value is -1.50. The van der Waals surface area contributed by atoms with Crippen molar-refractivity contribution < 1.29 is 75.8 Å². The van der Waals surface area contributed by atoms with E-state index in [9.17, 15) is 19.8 Å². The van der Waals surface area contributed by atoms with Crippen LogP contribution in [0.1, 0.15) is 11.1 Å². The molecular formula is C16H28Cl2N2O8. The van der Waals surface area contributed by atoms with Crippen LogP contribution in [0, 0.1) is 0 Å². The van der Waals surface area contributed by atoms with E-state index in [1.54, 1.807) is 0 Å². The van der Waals surface area contributed by atoms with Crippen LogP contribution in [0.3, 0.4) is 0 Å². The van der Waals surface area contributed by atoms with E-state index in [0.717, 1.165) is 27.3 Å². The summed E-state index contributed by atoms with van der Waals surface area (Å²) in [7, 11) is 1.92. The van der Waals surface area contributed by atoms with Gasteiger partial charge >= 0.3 is 11.9 Å². The zero-order chi connectivity index (χ0) is 20.3. The fourth-order valence-electron chi connectivity index (χ4n) is 1.83. The fourth-order valence-corrected chi connectivity index (χ4v) is 1.83. The number of halogens is 2. The molecule has 0 saturated carbocycles. The largest absolute Gasteiger partial charge is 1.00 e. The number of quaternary nitrogens is 2. The Labute approximate surface area is 175 Å². The molecule has 0 spiro atoms. The molecule has 1 rings (SSSR count). The Morgan fingerprint density at radius 3 is 1.43 bits per heavy atom. The van der Waals surface area contributed by atoms with Gasteiger partial charge in [0.1, 0.15) is 12.2 Å². The maximum absolute atomic E-state index is 10.8. The molecule has 0 aromatic heterocycles. The Kier molecular flexibility index (Phi) is 18.3. The lowest BCUT2D eigenvalue weighted by atomic mass is 10.0. The summed E-state index contributed by atoms with van der Waals surface area (Å²) in [5.41, 5.74) is 10.2. The molecule has 12 heteroatoms. The van der Waals surface area contributed by atoms with Crippen molar-refractivity contribution in [1.29, 1.82) is 0 Å². The van der Waals surface area contributed by atoms with E-state index >= 15 is 0 Å². The van der Waals surface area contributed by atoms with E-state index < -0.39 is 36.4 Å². The van der Waals surface area contributed by atoms with Crippen LogP contribution in [-0.4, -0.2) is 71.0 Å². The van der Waals surface area contributed by atoms with Gasteiger partial charge in [-0.2, -0.15) is 0 Å². The number of ether oxygens (including phenoxy) is 2. The number of carbonyl (C=O) groups excluding carboxylic acids is 2. The second-order valence-corrected chi connectivity index (χ2v) is 5.24. The van der Waals surface area contributed by atoms with Gasteiger partial charge in [-0.1, -0.05) is 18.2 Å². The highest BCUT2D eigenvalue weighted by Crippen LogP contribution is 2.07. The summed E-state index contributed by atoms with van der Waals surface area (Å²) in [6, 6.07) is 8.39. The number of carbonyl (C=O) groups is 2. The minimum atomic E-state index is -2.07. The summed E-state index contributed by atoms with van der Waals surface area (Å²) < 4.78 is 8.18. The van der Waals surface area contributed by atoms with Crippen molar-refractivity contribution in [3.05, 3.63) is 35.4 Å². The number of hydrogen-bond acceptors (Lipinski definition) is 8. The van der Waals surface area contributed by atoms with Crippen molar-refractivity contribution in [2.45, 2.75) is 37.5 Å². The lowest BCUT2D eigenvalue weighted by molar-refractivity contribution is -0.388. The molecule has 0 fully saturated rings. The van der Waals surface area contributed by atoms with Gasteiger partial charge in [-0.3, -0.25) is 0 Å². The molecule has 1 aromatic rings. The lowest BCUT2D eigenvalue weighted by Gasteiger charge is -2.23. The second kappa shape index (κ2) is 16.5. The normalized spacial score (nSPS) is 13.9. The highest BCUT2D eigenvalue weighted by atomic mass is 35.5. The molecule has 0 bridgehead atoms. The first-order valence-electron chi connectivity index (χ1n) is 7.77. The van der Waals surface area contributed by atoms with Crippen molar-refractivity contribution in [2.75, 3.05) is 14.2 Å². The Morgan fingerprint density at radius 1 is 0.857 bits per heavy atom. The van der Waals surface area contributed by atoms with E-state index in [-0.39, 0.29) is 24.8 Å². The first-order valence-corrected chi connectivity index (χ1v) is 7.77. The molecular weight excluding hydrogens is 419 g/mol. The van der Waals surface area contributed by atoms with Gasteiger partial charge in [-0.05, 0) is 6.07 Å². The van der Waals surface area contributed by atoms with Crippen molar-refractivity contribution in [3.8, 4) is 0 Å². The highest BCUT2D eigenvalue weighted by molar-refractivity contribution is 5.77. The SMILES string of the molecule is COC(=O)[C@@H](O)[C@H](O)[C@H](O)[C@@H](O)C(=O)OC.[Cl-].[Cl-].[NH3+]Cc1cccc(C[NH3+])c1. The van der Waals surface area contributed by atoms with Crippen LogP contribution in [0.4, 0.5) is 0 Å². The maximum atomic E-state index is 10.8. The Bertz CT molecular complexity index is 534. The van der Waals surface area contributed by atoms with Gasteiger partial charge in [0.25, 0.3) is 0 Å². The third kappa shape index (κ3) is 10.2. The van der Waals surface area contributed by atoms with E-state index in [1.807, 2.05) is 0 Å². The molecule has 28 heavy (non-hydrogen) atoms. The fraction of sp³-hybridized carbons (Fsp3) is 0.500. The maximum Gasteiger partial charge on any atom is 0.337 e. The van der Waals surface area contributed by atoms with Gasteiger partial charge in [-0.25, -0.2) is 9.59 Å². The van der Waals surface area contributed by atoms with Crippen molar-refractivity contribution in [2.24, 2.45) is 0 Å². The molecule has 164 valence electrons. The van der Waals surface area contributed by atoms with E-state index in [2.05, 4.69) is 45.2 Å². The molecule has 0 amide bonds. The summed E-state index contributed by atoms with van der Waals surface area (Å²) in [6.07, 6.45) is -8.28. The van der Waals surface area contributed by atoms with Crippen molar-refractivity contribution in [3.63, 3.8) is 0 Å². The van der Waals surface area contributed by atoms with Crippen LogP contribution in [0.5, 0.6) is 0 Å². The quantitative estimate of drug-likeness (QED) is 0.222. The van der Waals surface area contributed by atoms with Crippen LogP contribution >= 0.6 is 0 Å². The van der Waals surface area contributed by atoms with Crippen molar-refractivity contribution in [1.82, 2.24) is 0 Å². The topological polar surface area (TPSA) is 189 Å². The summed E-state index contributed by atoms with van der Waals surface area (Å²) in [6.45, 7) is 1.74. The van der Waals surface area contributed by atoms with Crippen LogP contribution < -0.4 is 36.3 Å². The molecule has 0 aliphatic heterocycles. The van der Waals surface area contributed by atoms with E-state index in [4.69, 9.17) is 10.2 Å². The minimum Gasteiger partial charge on any atom is -1.00 e. The molecule has 0 saturated heterocycles. The molecule has 0 aliphatic carbocycles. The third-order valence-electron chi connectivity index (χ3n) is 3.45. The van der Waals surface area contributed by atoms with Gasteiger partial charge < -0.3 is 66.2 Å². The Morgan fingerprint density at radius 2 is 1.18 bits per heavy atom. The number of rotatable bonds is 7. The van der Waals surface area contributed by atoms with Gasteiger partial charge in [0.2, 0.25) is 0 Å². The lowest BCUT2D eigenvalue weighted by Crippen LogP contribution is -3.00. The molecule has 0 heterocycles. The number of methoxy groups -OCH3 is 2. The molecule has 0 aliphatic rings. The summed E-state index contributed by atoms with van der Waals surface area (Å²) in [5.74, 6) is -2.41. The summed E-state index contributed by atoms with van der Waals surface area (Å²) in [4.78, 5) is 21.6. The predicted molar refractivity (Wildman–Crippen MR) is 87.7 cm³/mol. The highest BCUT2D eigenvalue weighted by Gasteiger charge is 2.38. The first kappa shape index (κ1) is 31.2. The Balaban J connectivity index is -0.000000451. The average Bonchev–Trinajstić information content (AvgIpc) is 2.70. The standard InChI is InChI=1S/C8H12N2.C8H14O8.2ClH/c9-5-7-2-1-3-8(4-7)6-10;1-15-7(13)5(11)3(9)4(10)6(12)8(14)16-2;;/h1-4H,5-6,9-10H2;3-6,9-12H,1-2H3;2*1H/t;3-,4+,5+,6-;;. The number of esters is 2. The zero-order valence-electron chi connectivity index (χ0n) is 15.6. The smallest absolute Gasteiger partial charge is 0.337 e. The summed E-state index contributed by atoms with van der Waals surface area (Å²) in [5, 5.41) is 36.7.